The summed E-state index contributed by atoms with van der Waals surface area (Å²) in [4.78, 5) is 0. The summed E-state index contributed by atoms with van der Waals surface area (Å²) >= 11 is 8.80. The van der Waals surface area contributed by atoms with Gasteiger partial charge in [-0.05, 0) is 12.8 Å². The van der Waals surface area contributed by atoms with Gasteiger partial charge in [-0.2, -0.15) is 9.05 Å². The highest BCUT2D eigenvalue weighted by Crippen LogP contribution is 2.70. The topological polar surface area (TPSA) is 18.5 Å². The molecule has 0 atom stereocenters. The van der Waals surface area contributed by atoms with Crippen molar-refractivity contribution in [3.8, 4) is 0 Å². The van der Waals surface area contributed by atoms with Crippen molar-refractivity contribution in [1.29, 1.82) is 0 Å². The second kappa shape index (κ2) is 14.0. The van der Waals surface area contributed by atoms with Gasteiger partial charge in [0, 0.05) is 0 Å². The molecule has 0 N–H and O–H groups in total. The van der Waals surface area contributed by atoms with Crippen molar-refractivity contribution in [2.24, 2.45) is 0 Å². The summed E-state index contributed by atoms with van der Waals surface area (Å²) in [6, 6.07) is 0. The SMILES string of the molecule is CCCCCCCCO[P+](S)(S)OCCCCCC. The zero-order chi connectivity index (χ0) is 14.4. The number of unbranched alkanes of at least 4 members (excludes halogenated alkanes) is 8. The van der Waals surface area contributed by atoms with Crippen LogP contribution in [0, 0.1) is 0 Å². The van der Waals surface area contributed by atoms with Gasteiger partial charge in [0.1, 0.15) is 0 Å². The van der Waals surface area contributed by atoms with E-state index in [0.29, 0.717) is 0 Å². The maximum absolute atomic E-state index is 5.66. The van der Waals surface area contributed by atoms with Gasteiger partial charge in [-0.25, -0.2) is 0 Å². The molecule has 0 bridgehead atoms. The van der Waals surface area contributed by atoms with E-state index in [1.54, 1.807) is 0 Å². The molecule has 0 aromatic heterocycles. The second-order valence-electron chi connectivity index (χ2n) is 4.99. The molecule has 116 valence electrons. The zero-order valence-electron chi connectivity index (χ0n) is 12.6. The fourth-order valence-electron chi connectivity index (χ4n) is 1.82. The predicted octanol–water partition coefficient (Wildman–Crippen LogP) is 6.50. The van der Waals surface area contributed by atoms with Crippen molar-refractivity contribution in [3.63, 3.8) is 0 Å². The number of thiol groups is 2. The molecular formula is C14H32O2PS2+. The highest BCUT2D eigenvalue weighted by atomic mass is 33.1. The molecule has 0 saturated carbocycles. The maximum Gasteiger partial charge on any atom is 0.389 e. The normalized spacial score (nSPS) is 12.0. The minimum Gasteiger partial charge on any atom is -0.183 e. The van der Waals surface area contributed by atoms with E-state index < -0.39 is 6.12 Å². The van der Waals surface area contributed by atoms with Crippen LogP contribution in [-0.2, 0) is 9.05 Å². The first-order valence-electron chi connectivity index (χ1n) is 7.76. The molecule has 19 heavy (non-hydrogen) atoms. The van der Waals surface area contributed by atoms with Crippen LogP contribution in [0.25, 0.3) is 0 Å². The Balaban J connectivity index is 3.35. The number of rotatable bonds is 14. The van der Waals surface area contributed by atoms with Gasteiger partial charge in [-0.1, -0.05) is 65.2 Å². The highest BCUT2D eigenvalue weighted by Gasteiger charge is 2.33. The molecule has 2 nitrogen and oxygen atoms in total. The third-order valence-electron chi connectivity index (χ3n) is 3.01. The van der Waals surface area contributed by atoms with E-state index in [2.05, 4.69) is 38.3 Å². The number of hydrogen-bond acceptors (Lipinski definition) is 4. The number of hydrogen-bond donors (Lipinski definition) is 2. The lowest BCUT2D eigenvalue weighted by Gasteiger charge is -2.12. The van der Waals surface area contributed by atoms with Crippen LogP contribution in [0.3, 0.4) is 0 Å². The van der Waals surface area contributed by atoms with Crippen LogP contribution in [0.5, 0.6) is 0 Å². The molecule has 0 aliphatic rings. The summed E-state index contributed by atoms with van der Waals surface area (Å²) in [6.45, 7) is 5.89. The molecular weight excluding hydrogens is 295 g/mol. The van der Waals surface area contributed by atoms with E-state index in [0.717, 1.165) is 26.1 Å². The standard InChI is InChI=1S/C14H32O2PS2/c1-3-5-7-9-10-12-14-16-17(18,19)15-13-11-8-6-4-2/h18-19H,3-14H2,1-2H3/q+1. The Morgan fingerprint density at radius 3 is 1.47 bits per heavy atom. The van der Waals surface area contributed by atoms with Crippen LogP contribution in [-0.4, -0.2) is 13.2 Å². The van der Waals surface area contributed by atoms with Crippen molar-refractivity contribution in [3.05, 3.63) is 0 Å². The zero-order valence-corrected chi connectivity index (χ0v) is 15.3. The maximum atomic E-state index is 5.66. The molecule has 0 aliphatic carbocycles. The first-order chi connectivity index (χ1) is 9.12. The first-order valence-corrected chi connectivity index (χ1v) is 11.7. The largest absolute Gasteiger partial charge is 0.389 e. The van der Waals surface area contributed by atoms with Crippen LogP contribution in [0.4, 0.5) is 0 Å². The lowest BCUT2D eigenvalue weighted by Crippen LogP contribution is -1.97. The summed E-state index contributed by atoms with van der Waals surface area (Å²) in [5, 5.41) is 0. The Hall–Kier alpha value is 1.05. The van der Waals surface area contributed by atoms with Gasteiger partial charge in [-0.15, -0.1) is 0 Å². The van der Waals surface area contributed by atoms with Crippen molar-refractivity contribution in [2.75, 3.05) is 13.2 Å². The monoisotopic (exact) mass is 327 g/mol. The molecule has 0 aromatic rings. The van der Waals surface area contributed by atoms with Crippen molar-refractivity contribution >= 4 is 30.6 Å². The van der Waals surface area contributed by atoms with Gasteiger partial charge in [0.2, 0.25) is 0 Å². The van der Waals surface area contributed by atoms with E-state index in [1.165, 1.54) is 51.4 Å². The summed E-state index contributed by atoms with van der Waals surface area (Å²) in [5.41, 5.74) is 0. The van der Waals surface area contributed by atoms with Crippen molar-refractivity contribution < 1.29 is 9.05 Å². The van der Waals surface area contributed by atoms with Gasteiger partial charge in [0.05, 0.1) is 37.7 Å². The molecule has 5 heteroatoms. The summed E-state index contributed by atoms with van der Waals surface area (Å²) in [5.74, 6) is 0. The average molecular weight is 328 g/mol. The van der Waals surface area contributed by atoms with Gasteiger partial charge in [0.25, 0.3) is 0 Å². The Kier molecular flexibility index (Phi) is 14.8. The van der Waals surface area contributed by atoms with Crippen LogP contribution in [0.1, 0.15) is 78.1 Å². The minimum atomic E-state index is -2.16. The van der Waals surface area contributed by atoms with Gasteiger partial charge in [-0.3, -0.25) is 0 Å². The lowest BCUT2D eigenvalue weighted by molar-refractivity contribution is 0.248. The molecule has 0 radical (unpaired) electrons. The van der Waals surface area contributed by atoms with Crippen LogP contribution in [0.2, 0.25) is 0 Å². The average Bonchev–Trinajstić information content (AvgIpc) is 2.37. The van der Waals surface area contributed by atoms with Crippen molar-refractivity contribution in [2.45, 2.75) is 78.1 Å². The smallest absolute Gasteiger partial charge is 0.183 e. The molecule has 0 fully saturated rings. The van der Waals surface area contributed by atoms with Gasteiger partial charge < -0.3 is 0 Å². The Morgan fingerprint density at radius 1 is 0.632 bits per heavy atom. The Labute approximate surface area is 131 Å². The minimum absolute atomic E-state index is 0.720. The molecule has 0 aromatic carbocycles. The van der Waals surface area contributed by atoms with E-state index in [1.807, 2.05) is 0 Å². The summed E-state index contributed by atoms with van der Waals surface area (Å²) < 4.78 is 11.3. The lowest BCUT2D eigenvalue weighted by atomic mass is 10.1. The van der Waals surface area contributed by atoms with Crippen LogP contribution < -0.4 is 0 Å². The van der Waals surface area contributed by atoms with Crippen LogP contribution in [0.15, 0.2) is 0 Å². The summed E-state index contributed by atoms with van der Waals surface area (Å²) in [7, 11) is 0. The first kappa shape index (κ1) is 20.1. The van der Waals surface area contributed by atoms with Gasteiger partial charge >= 0.3 is 6.12 Å². The molecule has 0 unspecified atom stereocenters. The Bertz CT molecular complexity index is 192. The fraction of sp³-hybridized carbons (Fsp3) is 1.00. The Morgan fingerprint density at radius 2 is 1.00 bits per heavy atom. The van der Waals surface area contributed by atoms with Crippen molar-refractivity contribution in [1.82, 2.24) is 0 Å². The van der Waals surface area contributed by atoms with E-state index in [9.17, 15) is 0 Å². The predicted molar refractivity (Wildman–Crippen MR) is 94.3 cm³/mol. The summed E-state index contributed by atoms with van der Waals surface area (Å²) in [6.07, 6.45) is 10.3. The molecule has 0 spiro atoms. The van der Waals surface area contributed by atoms with Crippen LogP contribution >= 0.6 is 30.6 Å². The third-order valence-corrected chi connectivity index (χ3v) is 5.44. The van der Waals surface area contributed by atoms with Gasteiger partial charge in [0.15, 0.2) is 0 Å². The molecule has 0 heterocycles. The molecule has 0 rings (SSSR count). The molecule has 0 aliphatic heterocycles. The van der Waals surface area contributed by atoms with E-state index in [-0.39, 0.29) is 0 Å². The van der Waals surface area contributed by atoms with E-state index in [4.69, 9.17) is 9.05 Å². The van der Waals surface area contributed by atoms with E-state index >= 15 is 0 Å². The molecule has 0 amide bonds. The second-order valence-corrected chi connectivity index (χ2v) is 10.6. The fourth-order valence-corrected chi connectivity index (χ4v) is 3.60. The highest BCUT2D eigenvalue weighted by molar-refractivity contribution is 8.82. The quantitative estimate of drug-likeness (QED) is 0.215. The molecule has 0 saturated heterocycles. The third kappa shape index (κ3) is 15.3.